The first kappa shape index (κ1) is 21.5. The lowest BCUT2D eigenvalue weighted by molar-refractivity contribution is 0.122. The fourth-order valence-corrected chi connectivity index (χ4v) is 2.96. The van der Waals surface area contributed by atoms with Crippen LogP contribution in [0.1, 0.15) is 23.9 Å². The lowest BCUT2D eigenvalue weighted by atomic mass is 10.2. The summed E-state index contributed by atoms with van der Waals surface area (Å²) < 4.78 is 10.6. The summed E-state index contributed by atoms with van der Waals surface area (Å²) in [6.45, 7) is 7.45. The average molecular weight is 412 g/mol. The van der Waals surface area contributed by atoms with Crippen LogP contribution in [0.4, 0.5) is 16.4 Å². The Hall–Kier alpha value is -3.20. The maximum atomic E-state index is 11.5. The van der Waals surface area contributed by atoms with Crippen molar-refractivity contribution in [3.63, 3.8) is 0 Å². The summed E-state index contributed by atoms with van der Waals surface area (Å²) in [5, 5.41) is 6.91. The quantitative estimate of drug-likeness (QED) is 0.507. The molecule has 2 N–H and O–H groups in total. The number of ether oxygens (including phenoxy) is 2. The normalized spacial score (nSPS) is 14.0. The molecular weight excluding hydrogens is 384 g/mol. The molecule has 1 aliphatic rings. The highest BCUT2D eigenvalue weighted by molar-refractivity contribution is 5.80. The van der Waals surface area contributed by atoms with Crippen molar-refractivity contribution in [2.24, 2.45) is 5.10 Å². The summed E-state index contributed by atoms with van der Waals surface area (Å²) in [4.78, 5) is 22.8. The van der Waals surface area contributed by atoms with E-state index >= 15 is 0 Å². The molecule has 2 aromatic rings. The molecule has 0 spiro atoms. The minimum Gasteiger partial charge on any atom is -0.449 e. The van der Waals surface area contributed by atoms with Crippen molar-refractivity contribution in [2.45, 2.75) is 20.3 Å². The van der Waals surface area contributed by atoms with Gasteiger partial charge in [0.1, 0.15) is 18.2 Å². The molecule has 0 radical (unpaired) electrons. The molecule has 0 unspecified atom stereocenters. The van der Waals surface area contributed by atoms with Gasteiger partial charge in [-0.1, -0.05) is 29.8 Å². The number of aryl methyl sites for hydroxylation is 1. The number of carbonyl (C=O) groups is 1. The minimum atomic E-state index is -0.442. The van der Waals surface area contributed by atoms with E-state index < -0.39 is 6.09 Å². The Morgan fingerprint density at radius 1 is 1.30 bits per heavy atom. The van der Waals surface area contributed by atoms with Gasteiger partial charge in [0.25, 0.3) is 0 Å². The highest BCUT2D eigenvalue weighted by Gasteiger charge is 2.15. The SMILES string of the molecule is CCNC(=O)OCCc1nc(N/N=C/c2cccc(C)c2)cc(N2CCOCC2)n1. The van der Waals surface area contributed by atoms with E-state index in [-0.39, 0.29) is 6.61 Å². The first-order valence-corrected chi connectivity index (χ1v) is 10.1. The van der Waals surface area contributed by atoms with Crippen LogP contribution in [0.25, 0.3) is 0 Å². The Morgan fingerprint density at radius 3 is 2.90 bits per heavy atom. The number of alkyl carbamates (subject to hydrolysis) is 1. The van der Waals surface area contributed by atoms with Crippen molar-refractivity contribution < 1.29 is 14.3 Å². The average Bonchev–Trinajstić information content (AvgIpc) is 2.75. The van der Waals surface area contributed by atoms with E-state index in [1.807, 2.05) is 38.1 Å². The highest BCUT2D eigenvalue weighted by Crippen LogP contribution is 2.18. The molecule has 2 heterocycles. The third-order valence-electron chi connectivity index (χ3n) is 4.41. The summed E-state index contributed by atoms with van der Waals surface area (Å²) in [7, 11) is 0. The molecule has 160 valence electrons. The van der Waals surface area contributed by atoms with Crippen LogP contribution >= 0.6 is 0 Å². The molecule has 0 saturated carbocycles. The zero-order valence-corrected chi connectivity index (χ0v) is 17.4. The van der Waals surface area contributed by atoms with E-state index in [1.165, 1.54) is 5.56 Å². The predicted octanol–water partition coefficient (Wildman–Crippen LogP) is 2.36. The number of hydrogen-bond acceptors (Lipinski definition) is 8. The van der Waals surface area contributed by atoms with E-state index in [0.29, 0.717) is 37.8 Å². The Morgan fingerprint density at radius 2 is 2.13 bits per heavy atom. The Kier molecular flexibility index (Phi) is 7.96. The molecule has 0 bridgehead atoms. The van der Waals surface area contributed by atoms with Crippen LogP contribution in [-0.2, 0) is 15.9 Å². The number of hydrazone groups is 1. The second kappa shape index (κ2) is 11.1. The number of aromatic nitrogens is 2. The Labute approximate surface area is 176 Å². The summed E-state index contributed by atoms with van der Waals surface area (Å²) in [5.41, 5.74) is 5.16. The summed E-state index contributed by atoms with van der Waals surface area (Å²) in [5.74, 6) is 1.97. The fourth-order valence-electron chi connectivity index (χ4n) is 2.96. The van der Waals surface area contributed by atoms with Crippen LogP contribution in [-0.4, -0.2) is 61.7 Å². The van der Waals surface area contributed by atoms with Gasteiger partial charge in [-0.3, -0.25) is 5.43 Å². The number of morpholine rings is 1. The van der Waals surface area contributed by atoms with Crippen LogP contribution in [0, 0.1) is 6.92 Å². The van der Waals surface area contributed by atoms with Crippen LogP contribution in [0.2, 0.25) is 0 Å². The smallest absolute Gasteiger partial charge is 0.407 e. The zero-order valence-electron chi connectivity index (χ0n) is 17.4. The molecule has 1 saturated heterocycles. The number of amides is 1. The second-order valence-electron chi connectivity index (χ2n) is 6.83. The third kappa shape index (κ3) is 6.70. The highest BCUT2D eigenvalue weighted by atomic mass is 16.5. The first-order valence-electron chi connectivity index (χ1n) is 10.1. The van der Waals surface area contributed by atoms with Gasteiger partial charge in [-0.15, -0.1) is 0 Å². The number of rotatable bonds is 8. The predicted molar refractivity (Wildman–Crippen MR) is 116 cm³/mol. The van der Waals surface area contributed by atoms with E-state index in [9.17, 15) is 4.79 Å². The van der Waals surface area contributed by atoms with Gasteiger partial charge in [0.05, 0.1) is 19.4 Å². The van der Waals surface area contributed by atoms with Crippen molar-refractivity contribution >= 4 is 23.9 Å². The van der Waals surface area contributed by atoms with E-state index in [4.69, 9.17) is 9.47 Å². The van der Waals surface area contributed by atoms with E-state index in [1.54, 1.807) is 6.21 Å². The van der Waals surface area contributed by atoms with Gasteiger partial charge in [-0.25, -0.2) is 14.8 Å². The number of anilines is 2. The van der Waals surface area contributed by atoms with Gasteiger partial charge >= 0.3 is 6.09 Å². The number of carbonyl (C=O) groups excluding carboxylic acids is 1. The summed E-state index contributed by atoms with van der Waals surface area (Å²) in [6.07, 6.45) is 1.72. The van der Waals surface area contributed by atoms with Gasteiger partial charge in [0.2, 0.25) is 0 Å². The Balaban J connectivity index is 1.70. The van der Waals surface area contributed by atoms with Crippen molar-refractivity contribution in [1.82, 2.24) is 15.3 Å². The zero-order chi connectivity index (χ0) is 21.2. The molecule has 30 heavy (non-hydrogen) atoms. The summed E-state index contributed by atoms with van der Waals surface area (Å²) >= 11 is 0. The second-order valence-corrected chi connectivity index (χ2v) is 6.83. The van der Waals surface area contributed by atoms with Crippen molar-refractivity contribution in [3.05, 3.63) is 47.3 Å². The summed E-state index contributed by atoms with van der Waals surface area (Å²) in [6, 6.07) is 9.94. The maximum Gasteiger partial charge on any atom is 0.407 e. The van der Waals surface area contributed by atoms with Gasteiger partial charge in [0.15, 0.2) is 5.82 Å². The minimum absolute atomic E-state index is 0.199. The molecule has 1 aromatic heterocycles. The van der Waals surface area contributed by atoms with E-state index in [0.717, 1.165) is 24.5 Å². The third-order valence-corrected chi connectivity index (χ3v) is 4.41. The molecule has 1 fully saturated rings. The molecule has 1 aromatic carbocycles. The first-order chi connectivity index (χ1) is 14.6. The lowest BCUT2D eigenvalue weighted by Gasteiger charge is -2.28. The number of hydrogen-bond donors (Lipinski definition) is 2. The number of nitrogens with one attached hydrogen (secondary N) is 2. The molecule has 0 atom stereocenters. The van der Waals surface area contributed by atoms with Crippen LogP contribution < -0.4 is 15.6 Å². The number of nitrogens with zero attached hydrogens (tertiary/aromatic N) is 4. The van der Waals surface area contributed by atoms with Crippen LogP contribution in [0.5, 0.6) is 0 Å². The fraction of sp³-hybridized carbons (Fsp3) is 0.429. The van der Waals surface area contributed by atoms with Gasteiger partial charge in [-0.2, -0.15) is 5.10 Å². The molecule has 9 nitrogen and oxygen atoms in total. The van der Waals surface area contributed by atoms with Crippen molar-refractivity contribution in [3.8, 4) is 0 Å². The van der Waals surface area contributed by atoms with Crippen LogP contribution in [0.3, 0.4) is 0 Å². The van der Waals surface area contributed by atoms with E-state index in [2.05, 4.69) is 36.8 Å². The topological polar surface area (TPSA) is 101 Å². The Bertz CT molecular complexity index is 868. The monoisotopic (exact) mass is 412 g/mol. The number of benzene rings is 1. The van der Waals surface area contributed by atoms with Crippen molar-refractivity contribution in [1.29, 1.82) is 0 Å². The molecule has 9 heteroatoms. The van der Waals surface area contributed by atoms with Gasteiger partial charge in [-0.05, 0) is 19.4 Å². The molecule has 0 aliphatic carbocycles. The maximum absolute atomic E-state index is 11.5. The lowest BCUT2D eigenvalue weighted by Crippen LogP contribution is -2.37. The van der Waals surface area contributed by atoms with Gasteiger partial charge < -0.3 is 19.7 Å². The largest absolute Gasteiger partial charge is 0.449 e. The molecular formula is C21H28N6O3. The standard InChI is InChI=1S/C21H28N6O3/c1-3-22-21(28)30-10-7-18-24-19(14-20(25-18)27-8-11-29-12-9-27)26-23-15-17-6-4-5-16(2)13-17/h4-6,13-15H,3,7-12H2,1-2H3,(H,22,28)(H,24,25,26)/b23-15+. The van der Waals surface area contributed by atoms with Gasteiger partial charge in [0, 0.05) is 32.1 Å². The molecule has 1 amide bonds. The van der Waals surface area contributed by atoms with Crippen LogP contribution in [0.15, 0.2) is 35.4 Å². The molecule has 3 rings (SSSR count). The molecule has 1 aliphatic heterocycles. The van der Waals surface area contributed by atoms with Crippen molar-refractivity contribution in [2.75, 3.05) is 49.8 Å².